The van der Waals surface area contributed by atoms with Gasteiger partial charge in [0.25, 0.3) is 0 Å². The lowest BCUT2D eigenvalue weighted by Gasteiger charge is -2.35. The Morgan fingerprint density at radius 2 is 2.12 bits per heavy atom. The predicted molar refractivity (Wildman–Crippen MR) is 66.4 cm³/mol. The molecule has 1 aliphatic carbocycles. The van der Waals surface area contributed by atoms with Crippen LogP contribution in [0.2, 0.25) is 0 Å². The van der Waals surface area contributed by atoms with Gasteiger partial charge in [0.1, 0.15) is 5.82 Å². The van der Waals surface area contributed by atoms with Gasteiger partial charge < -0.3 is 5.32 Å². The number of rotatable bonds is 2. The first-order valence-electron chi connectivity index (χ1n) is 6.12. The fourth-order valence-electron chi connectivity index (χ4n) is 2.51. The van der Waals surface area contributed by atoms with Crippen molar-refractivity contribution in [3.05, 3.63) is 17.8 Å². The second kappa shape index (κ2) is 4.40. The van der Waals surface area contributed by atoms with Gasteiger partial charge in [-0.05, 0) is 43.7 Å². The molecule has 3 heteroatoms. The van der Waals surface area contributed by atoms with E-state index in [0.717, 1.165) is 11.5 Å². The number of nitrogens with one attached hydrogen (secondary N) is 1. The van der Waals surface area contributed by atoms with E-state index in [2.05, 4.69) is 29.4 Å². The Balaban J connectivity index is 1.97. The van der Waals surface area contributed by atoms with Crippen molar-refractivity contribution in [3.8, 4) is 0 Å². The Morgan fingerprint density at radius 3 is 2.75 bits per heavy atom. The smallest absolute Gasteiger partial charge is 0.148 e. The number of nitrogens with zero attached hydrogens (tertiary/aromatic N) is 2. The molecule has 1 unspecified atom stereocenters. The average molecular weight is 219 g/mol. The van der Waals surface area contributed by atoms with Crippen LogP contribution in [0.1, 0.15) is 45.2 Å². The van der Waals surface area contributed by atoms with Crippen LogP contribution in [-0.2, 0) is 0 Å². The summed E-state index contributed by atoms with van der Waals surface area (Å²) in [4.78, 5) is 0. The molecule has 1 aromatic heterocycles. The van der Waals surface area contributed by atoms with Crippen molar-refractivity contribution >= 4 is 5.82 Å². The molecule has 1 N–H and O–H groups in total. The van der Waals surface area contributed by atoms with E-state index in [1.54, 1.807) is 0 Å². The molecule has 16 heavy (non-hydrogen) atoms. The van der Waals surface area contributed by atoms with E-state index < -0.39 is 0 Å². The lowest BCUT2D eigenvalue weighted by molar-refractivity contribution is 0.229. The van der Waals surface area contributed by atoms with Crippen molar-refractivity contribution in [2.75, 3.05) is 5.32 Å². The lowest BCUT2D eigenvalue weighted by atomic mass is 9.75. The SMILES string of the molecule is Cc1ccc(NC2CCCC(C)(C)C2)nn1. The third-order valence-electron chi connectivity index (χ3n) is 3.36. The molecule has 1 fully saturated rings. The van der Waals surface area contributed by atoms with E-state index in [-0.39, 0.29) is 0 Å². The van der Waals surface area contributed by atoms with Crippen molar-refractivity contribution in [3.63, 3.8) is 0 Å². The van der Waals surface area contributed by atoms with Gasteiger partial charge in [0, 0.05) is 6.04 Å². The molecule has 88 valence electrons. The van der Waals surface area contributed by atoms with Gasteiger partial charge >= 0.3 is 0 Å². The molecule has 3 nitrogen and oxygen atoms in total. The molecular formula is C13H21N3. The number of hydrogen-bond acceptors (Lipinski definition) is 3. The fraction of sp³-hybridized carbons (Fsp3) is 0.692. The molecule has 1 aliphatic rings. The summed E-state index contributed by atoms with van der Waals surface area (Å²) in [5, 5.41) is 11.7. The van der Waals surface area contributed by atoms with Crippen molar-refractivity contribution in [1.29, 1.82) is 0 Å². The molecule has 1 aromatic rings. The Labute approximate surface area is 97.7 Å². The van der Waals surface area contributed by atoms with E-state index in [4.69, 9.17) is 0 Å². The fourth-order valence-corrected chi connectivity index (χ4v) is 2.51. The maximum Gasteiger partial charge on any atom is 0.148 e. The Hall–Kier alpha value is -1.12. The van der Waals surface area contributed by atoms with Crippen LogP contribution in [0.15, 0.2) is 12.1 Å². The number of anilines is 1. The second-order valence-corrected chi connectivity index (χ2v) is 5.66. The molecule has 0 aromatic carbocycles. The zero-order valence-corrected chi connectivity index (χ0v) is 10.5. The van der Waals surface area contributed by atoms with Gasteiger partial charge in [0.15, 0.2) is 0 Å². The van der Waals surface area contributed by atoms with E-state index >= 15 is 0 Å². The van der Waals surface area contributed by atoms with Crippen LogP contribution >= 0.6 is 0 Å². The molecule has 2 rings (SSSR count). The monoisotopic (exact) mass is 219 g/mol. The maximum atomic E-state index is 4.16. The first kappa shape index (κ1) is 11.4. The van der Waals surface area contributed by atoms with Crippen LogP contribution in [-0.4, -0.2) is 16.2 Å². The minimum Gasteiger partial charge on any atom is -0.366 e. The minimum absolute atomic E-state index is 0.466. The molecule has 1 atom stereocenters. The van der Waals surface area contributed by atoms with Crippen LogP contribution in [0.4, 0.5) is 5.82 Å². The summed E-state index contributed by atoms with van der Waals surface area (Å²) >= 11 is 0. The van der Waals surface area contributed by atoms with Crippen LogP contribution in [0.5, 0.6) is 0 Å². The summed E-state index contributed by atoms with van der Waals surface area (Å²) in [5.41, 5.74) is 1.43. The molecule has 1 heterocycles. The molecule has 0 aliphatic heterocycles. The zero-order chi connectivity index (χ0) is 11.6. The largest absolute Gasteiger partial charge is 0.366 e. The highest BCUT2D eigenvalue weighted by Crippen LogP contribution is 2.36. The highest BCUT2D eigenvalue weighted by molar-refractivity contribution is 5.34. The summed E-state index contributed by atoms with van der Waals surface area (Å²) in [7, 11) is 0. The first-order chi connectivity index (χ1) is 7.55. The maximum absolute atomic E-state index is 4.16. The minimum atomic E-state index is 0.466. The lowest BCUT2D eigenvalue weighted by Crippen LogP contribution is -2.32. The predicted octanol–water partition coefficient (Wildman–Crippen LogP) is 3.17. The second-order valence-electron chi connectivity index (χ2n) is 5.66. The molecule has 0 bridgehead atoms. The molecule has 0 spiro atoms. The molecule has 1 saturated carbocycles. The summed E-state index contributed by atoms with van der Waals surface area (Å²) in [5.74, 6) is 0.910. The quantitative estimate of drug-likeness (QED) is 0.830. The van der Waals surface area contributed by atoms with Crippen LogP contribution < -0.4 is 5.32 Å². The van der Waals surface area contributed by atoms with Gasteiger partial charge in [-0.1, -0.05) is 20.3 Å². The summed E-state index contributed by atoms with van der Waals surface area (Å²) in [6, 6.07) is 4.58. The van der Waals surface area contributed by atoms with Gasteiger partial charge in [-0.25, -0.2) is 0 Å². The van der Waals surface area contributed by atoms with Crippen molar-refractivity contribution in [2.24, 2.45) is 5.41 Å². The number of aromatic nitrogens is 2. The molecule has 0 amide bonds. The standard InChI is InChI=1S/C13H21N3/c1-10-6-7-12(16-15-10)14-11-5-4-8-13(2,3)9-11/h6-7,11H,4-5,8-9H2,1-3H3,(H,14,16). The van der Waals surface area contributed by atoms with Crippen molar-refractivity contribution < 1.29 is 0 Å². The van der Waals surface area contributed by atoms with Crippen molar-refractivity contribution in [1.82, 2.24) is 10.2 Å². The summed E-state index contributed by atoms with van der Waals surface area (Å²) in [6.07, 6.45) is 5.12. The average Bonchev–Trinajstić information content (AvgIpc) is 2.20. The van der Waals surface area contributed by atoms with Crippen LogP contribution in [0.25, 0.3) is 0 Å². The number of hydrogen-bond donors (Lipinski definition) is 1. The van der Waals surface area contributed by atoms with Crippen molar-refractivity contribution in [2.45, 2.75) is 52.5 Å². The van der Waals surface area contributed by atoms with E-state index in [0.29, 0.717) is 11.5 Å². The molecule has 0 saturated heterocycles. The molecule has 0 radical (unpaired) electrons. The normalized spacial score (nSPS) is 24.1. The van der Waals surface area contributed by atoms with Gasteiger partial charge in [0.2, 0.25) is 0 Å². The van der Waals surface area contributed by atoms with E-state index in [9.17, 15) is 0 Å². The highest BCUT2D eigenvalue weighted by atomic mass is 15.2. The van der Waals surface area contributed by atoms with E-state index in [1.165, 1.54) is 25.7 Å². The van der Waals surface area contributed by atoms with Gasteiger partial charge in [-0.2, -0.15) is 5.10 Å². The Kier molecular flexibility index (Phi) is 3.13. The highest BCUT2D eigenvalue weighted by Gasteiger charge is 2.27. The number of aryl methyl sites for hydroxylation is 1. The third kappa shape index (κ3) is 2.94. The molecular weight excluding hydrogens is 198 g/mol. The zero-order valence-electron chi connectivity index (χ0n) is 10.5. The van der Waals surface area contributed by atoms with E-state index in [1.807, 2.05) is 19.1 Å². The van der Waals surface area contributed by atoms with Gasteiger partial charge in [-0.15, -0.1) is 5.10 Å². The Bertz CT molecular complexity index is 343. The Morgan fingerprint density at radius 1 is 1.31 bits per heavy atom. The van der Waals surface area contributed by atoms with Gasteiger partial charge in [0.05, 0.1) is 5.69 Å². The van der Waals surface area contributed by atoms with Gasteiger partial charge in [-0.3, -0.25) is 0 Å². The van der Waals surface area contributed by atoms with Crippen LogP contribution in [0, 0.1) is 12.3 Å². The third-order valence-corrected chi connectivity index (χ3v) is 3.36. The summed E-state index contributed by atoms with van der Waals surface area (Å²) in [6.45, 7) is 6.66. The first-order valence-corrected chi connectivity index (χ1v) is 6.12. The summed E-state index contributed by atoms with van der Waals surface area (Å²) < 4.78 is 0. The topological polar surface area (TPSA) is 37.8 Å². The van der Waals surface area contributed by atoms with Crippen LogP contribution in [0.3, 0.4) is 0 Å².